The second-order valence-electron chi connectivity index (χ2n) is 10.3. The second kappa shape index (κ2) is 15.6. The molecule has 0 spiro atoms. The van der Waals surface area contributed by atoms with Crippen LogP contribution < -0.4 is 4.74 Å². The third-order valence-corrected chi connectivity index (χ3v) is 7.71. The Labute approximate surface area is 251 Å². The van der Waals surface area contributed by atoms with E-state index in [-0.39, 0.29) is 12.7 Å². The lowest BCUT2D eigenvalue weighted by molar-refractivity contribution is -0.189. The van der Waals surface area contributed by atoms with Crippen molar-refractivity contribution >= 4 is 29.2 Å². The third kappa shape index (κ3) is 9.18. The molecule has 1 fully saturated rings. The van der Waals surface area contributed by atoms with Gasteiger partial charge in [0.15, 0.2) is 0 Å². The average Bonchev–Trinajstić information content (AvgIpc) is 3.61. The van der Waals surface area contributed by atoms with E-state index in [1.807, 2.05) is 29.0 Å². The number of ether oxygens (including phenoxy) is 4. The minimum atomic E-state index is -1.10. The summed E-state index contributed by atoms with van der Waals surface area (Å²) < 4.78 is 26.0. The van der Waals surface area contributed by atoms with Gasteiger partial charge in [0.25, 0.3) is 0 Å². The van der Waals surface area contributed by atoms with E-state index < -0.39 is 11.8 Å². The molecule has 0 radical (unpaired) electrons. The van der Waals surface area contributed by atoms with Crippen molar-refractivity contribution in [3.05, 3.63) is 82.4 Å². The van der Waals surface area contributed by atoms with Crippen LogP contribution in [-0.2, 0) is 31.3 Å². The number of hydrogen-bond donors (Lipinski definition) is 1. The highest BCUT2D eigenvalue weighted by Crippen LogP contribution is 2.40. The van der Waals surface area contributed by atoms with E-state index >= 15 is 0 Å². The van der Waals surface area contributed by atoms with Crippen LogP contribution in [0.1, 0.15) is 62.5 Å². The van der Waals surface area contributed by atoms with Crippen molar-refractivity contribution in [2.45, 2.75) is 69.8 Å². The van der Waals surface area contributed by atoms with Gasteiger partial charge in [-0.3, -0.25) is 0 Å². The zero-order chi connectivity index (χ0) is 29.1. The van der Waals surface area contributed by atoms with E-state index in [1.165, 1.54) is 18.4 Å². The molecule has 1 aliphatic rings. The van der Waals surface area contributed by atoms with Crippen molar-refractivity contribution < 1.29 is 28.8 Å². The number of carboxylic acid groups (broad SMARTS) is 1. The molecule has 8 nitrogen and oxygen atoms in total. The maximum Gasteiger partial charge on any atom is 0.329 e. The number of unbranched alkanes of at least 4 members (excludes halogenated alkanes) is 2. The minimum absolute atomic E-state index is 0.250. The first-order valence-electron chi connectivity index (χ1n) is 14.1. The number of aliphatic carboxylic acids is 1. The number of rotatable bonds is 17. The normalized spacial score (nSPS) is 19.3. The van der Waals surface area contributed by atoms with Crippen molar-refractivity contribution in [1.82, 2.24) is 9.55 Å². The number of carboxylic acids is 1. The topological polar surface area (TPSA) is 92.0 Å². The van der Waals surface area contributed by atoms with Crippen LogP contribution in [0.3, 0.4) is 0 Å². The van der Waals surface area contributed by atoms with Crippen LogP contribution in [0.2, 0.25) is 10.0 Å². The van der Waals surface area contributed by atoms with E-state index in [4.69, 9.17) is 47.3 Å². The molecule has 0 aliphatic carbocycles. The SMILES string of the molecule is CCCCCC(CCCOCC(=O)O)c1ccc(OCC2COC(Cn3ccnc3)(c3ccc(Cl)cc3Cl)O2)cc1. The van der Waals surface area contributed by atoms with E-state index in [0.29, 0.717) is 47.9 Å². The monoisotopic (exact) mass is 604 g/mol. The molecule has 3 atom stereocenters. The molecule has 0 saturated carbocycles. The Morgan fingerprint density at radius 2 is 1.98 bits per heavy atom. The predicted octanol–water partition coefficient (Wildman–Crippen LogP) is 7.08. The zero-order valence-corrected chi connectivity index (χ0v) is 24.9. The Balaban J connectivity index is 1.36. The van der Waals surface area contributed by atoms with Gasteiger partial charge in [-0.15, -0.1) is 0 Å². The summed E-state index contributed by atoms with van der Waals surface area (Å²) in [7, 11) is 0. The highest BCUT2D eigenvalue weighted by Gasteiger charge is 2.45. The summed E-state index contributed by atoms with van der Waals surface area (Å²) in [4.78, 5) is 14.8. The fourth-order valence-electron chi connectivity index (χ4n) is 5.11. The van der Waals surface area contributed by atoms with Gasteiger partial charge in [0.1, 0.15) is 25.1 Å². The molecule has 1 saturated heterocycles. The van der Waals surface area contributed by atoms with Gasteiger partial charge < -0.3 is 28.6 Å². The molecular formula is C31H38Cl2N2O6. The zero-order valence-electron chi connectivity index (χ0n) is 23.3. The van der Waals surface area contributed by atoms with Crippen molar-refractivity contribution in [2.75, 3.05) is 26.4 Å². The number of carbonyl (C=O) groups is 1. The summed E-state index contributed by atoms with van der Waals surface area (Å²) in [5.74, 6) is -0.887. The van der Waals surface area contributed by atoms with Gasteiger partial charge in [-0.2, -0.15) is 0 Å². The Morgan fingerprint density at radius 3 is 2.68 bits per heavy atom. The van der Waals surface area contributed by atoms with Gasteiger partial charge in [-0.05, 0) is 55.0 Å². The molecule has 10 heteroatoms. The summed E-state index contributed by atoms with van der Waals surface area (Å²) in [5, 5.41) is 9.78. The second-order valence-corrected chi connectivity index (χ2v) is 11.2. The van der Waals surface area contributed by atoms with Crippen LogP contribution in [0.25, 0.3) is 0 Å². The number of imidazole rings is 1. The van der Waals surface area contributed by atoms with Gasteiger partial charge >= 0.3 is 5.97 Å². The summed E-state index contributed by atoms with van der Waals surface area (Å²) in [6.07, 6.45) is 11.3. The Bertz CT molecular complexity index is 1220. The molecule has 222 valence electrons. The van der Waals surface area contributed by atoms with E-state index in [2.05, 4.69) is 24.0 Å². The molecule has 4 rings (SSSR count). The summed E-state index contributed by atoms with van der Waals surface area (Å²) in [5.41, 5.74) is 1.95. The first kappa shape index (κ1) is 31.3. The van der Waals surface area contributed by atoms with Gasteiger partial charge in [0.05, 0.1) is 24.5 Å². The quantitative estimate of drug-likeness (QED) is 0.164. The molecule has 1 N–H and O–H groups in total. The molecule has 1 aromatic heterocycles. The van der Waals surface area contributed by atoms with Crippen molar-refractivity contribution in [1.29, 1.82) is 0 Å². The third-order valence-electron chi connectivity index (χ3n) is 7.16. The molecule has 3 unspecified atom stereocenters. The lowest BCUT2D eigenvalue weighted by atomic mass is 9.89. The van der Waals surface area contributed by atoms with E-state index in [0.717, 1.165) is 31.4 Å². The lowest BCUT2D eigenvalue weighted by Crippen LogP contribution is -2.34. The molecule has 41 heavy (non-hydrogen) atoms. The highest BCUT2D eigenvalue weighted by atomic mass is 35.5. The maximum atomic E-state index is 10.7. The Morgan fingerprint density at radius 1 is 1.17 bits per heavy atom. The fraction of sp³-hybridized carbons (Fsp3) is 0.484. The molecule has 3 aromatic rings. The molecule has 2 heterocycles. The molecule has 0 amide bonds. The molecule has 2 aromatic carbocycles. The van der Waals surface area contributed by atoms with Gasteiger partial charge in [-0.25, -0.2) is 9.78 Å². The first-order valence-corrected chi connectivity index (χ1v) is 14.9. The van der Waals surface area contributed by atoms with Crippen LogP contribution in [0, 0.1) is 0 Å². The van der Waals surface area contributed by atoms with Crippen LogP contribution in [-0.4, -0.2) is 53.2 Å². The summed E-state index contributed by atoms with van der Waals surface area (Å²) in [6.45, 7) is 3.43. The minimum Gasteiger partial charge on any atom is -0.491 e. The molecule has 0 bridgehead atoms. The van der Waals surface area contributed by atoms with Crippen LogP contribution in [0.5, 0.6) is 5.75 Å². The van der Waals surface area contributed by atoms with Crippen molar-refractivity contribution in [2.24, 2.45) is 0 Å². The van der Waals surface area contributed by atoms with Crippen molar-refractivity contribution in [3.8, 4) is 5.75 Å². The van der Waals surface area contributed by atoms with Gasteiger partial charge in [-0.1, -0.05) is 67.6 Å². The van der Waals surface area contributed by atoms with E-state index in [1.54, 1.807) is 24.7 Å². The number of nitrogens with zero attached hydrogens (tertiary/aromatic N) is 2. The fourth-order valence-corrected chi connectivity index (χ4v) is 5.66. The molecule has 1 aliphatic heterocycles. The maximum absolute atomic E-state index is 10.7. The smallest absolute Gasteiger partial charge is 0.329 e. The predicted molar refractivity (Wildman–Crippen MR) is 158 cm³/mol. The highest BCUT2D eigenvalue weighted by molar-refractivity contribution is 6.35. The average molecular weight is 606 g/mol. The van der Waals surface area contributed by atoms with Gasteiger partial charge in [0.2, 0.25) is 5.79 Å². The lowest BCUT2D eigenvalue weighted by Gasteiger charge is -2.30. The van der Waals surface area contributed by atoms with Crippen molar-refractivity contribution in [3.63, 3.8) is 0 Å². The first-order chi connectivity index (χ1) is 19.9. The number of hydrogen-bond acceptors (Lipinski definition) is 6. The van der Waals surface area contributed by atoms with Crippen LogP contribution >= 0.6 is 23.2 Å². The summed E-state index contributed by atoms with van der Waals surface area (Å²) in [6, 6.07) is 13.5. The largest absolute Gasteiger partial charge is 0.491 e. The Hall–Kier alpha value is -2.62. The van der Waals surface area contributed by atoms with Crippen LogP contribution in [0.4, 0.5) is 0 Å². The van der Waals surface area contributed by atoms with E-state index in [9.17, 15) is 4.79 Å². The number of halogens is 2. The number of benzene rings is 2. The summed E-state index contributed by atoms with van der Waals surface area (Å²) >= 11 is 12.7. The standard InChI is InChI=1S/C31H38Cl2N2O6/c1-2-3-4-6-23(7-5-16-38-20-30(36)37)24-8-11-26(12-9-24)39-18-27-19-40-31(41-27,21-35-15-14-34-22-35)28-13-10-25(32)17-29(28)33/h8-15,17,22-23,27H,2-7,16,18-21H2,1H3,(H,36,37). The van der Waals surface area contributed by atoms with Gasteiger partial charge in [0, 0.05) is 29.6 Å². The number of aromatic nitrogens is 2. The Kier molecular flexibility index (Phi) is 11.9. The molecular weight excluding hydrogens is 567 g/mol. The van der Waals surface area contributed by atoms with Crippen LogP contribution in [0.15, 0.2) is 61.2 Å².